The first-order valence-corrected chi connectivity index (χ1v) is 6.77. The van der Waals surface area contributed by atoms with Crippen LogP contribution in [0, 0.1) is 13.8 Å². The normalized spacial score (nSPS) is 11.7. The molecule has 0 aliphatic carbocycles. The van der Waals surface area contributed by atoms with Crippen molar-refractivity contribution < 1.29 is 13.2 Å². The van der Waals surface area contributed by atoms with Gasteiger partial charge in [0.1, 0.15) is 5.69 Å². The van der Waals surface area contributed by atoms with Gasteiger partial charge in [0, 0.05) is 12.7 Å². The fraction of sp³-hybridized carbons (Fsp3) is 0.417. The van der Waals surface area contributed by atoms with Gasteiger partial charge in [0.15, 0.2) is 10.8 Å². The first kappa shape index (κ1) is 14.7. The molecule has 0 unspecified atom stereocenters. The van der Waals surface area contributed by atoms with E-state index in [1.165, 1.54) is 6.20 Å². The van der Waals surface area contributed by atoms with E-state index in [0.29, 0.717) is 34.3 Å². The Kier molecular flexibility index (Phi) is 3.94. The van der Waals surface area contributed by atoms with Gasteiger partial charge < -0.3 is 5.32 Å². The average Bonchev–Trinajstić information content (AvgIpc) is 2.85. The third-order valence-corrected chi connectivity index (χ3v) is 3.90. The van der Waals surface area contributed by atoms with Crippen molar-refractivity contribution in [3.8, 4) is 10.6 Å². The minimum atomic E-state index is -4.43. The van der Waals surface area contributed by atoms with Gasteiger partial charge in [0.25, 0.3) is 0 Å². The molecule has 108 valence electrons. The highest BCUT2D eigenvalue weighted by molar-refractivity contribution is 7.15. The molecule has 0 radical (unpaired) electrons. The molecule has 0 atom stereocenters. The van der Waals surface area contributed by atoms with Crippen LogP contribution in [0.2, 0.25) is 0 Å². The lowest BCUT2D eigenvalue weighted by Crippen LogP contribution is -2.05. The third kappa shape index (κ3) is 2.74. The molecule has 1 N–H and O–H groups in total. The fourth-order valence-corrected chi connectivity index (χ4v) is 2.51. The van der Waals surface area contributed by atoms with E-state index >= 15 is 0 Å². The maximum Gasteiger partial charge on any atom is 0.443 e. The summed E-state index contributed by atoms with van der Waals surface area (Å²) in [5, 5.41) is 10.2. The Morgan fingerprint density at radius 2 is 1.90 bits per heavy atom. The molecule has 8 heteroatoms. The Labute approximate surface area is 118 Å². The molecule has 0 amide bonds. The first-order valence-electron chi connectivity index (χ1n) is 5.95. The Morgan fingerprint density at radius 1 is 1.20 bits per heavy atom. The van der Waals surface area contributed by atoms with Gasteiger partial charge >= 0.3 is 6.18 Å². The van der Waals surface area contributed by atoms with E-state index in [0.717, 1.165) is 11.1 Å². The van der Waals surface area contributed by atoms with Crippen molar-refractivity contribution in [2.24, 2.45) is 0 Å². The van der Waals surface area contributed by atoms with Gasteiger partial charge in [-0.25, -0.2) is 4.98 Å². The topological polar surface area (TPSA) is 50.7 Å². The maximum absolute atomic E-state index is 12.6. The number of hydrogen-bond acceptors (Lipinski definition) is 5. The van der Waals surface area contributed by atoms with E-state index in [4.69, 9.17) is 0 Å². The molecule has 2 aromatic heterocycles. The molecule has 2 heterocycles. The number of rotatable bonds is 3. The second-order valence-electron chi connectivity index (χ2n) is 4.20. The summed E-state index contributed by atoms with van der Waals surface area (Å²) in [6.45, 7) is 6.31. The van der Waals surface area contributed by atoms with Crippen molar-refractivity contribution in [1.29, 1.82) is 0 Å². The molecular formula is C12H13F3N4S. The van der Waals surface area contributed by atoms with Crippen LogP contribution >= 0.6 is 11.3 Å². The van der Waals surface area contributed by atoms with Crippen LogP contribution in [-0.2, 0) is 6.18 Å². The van der Waals surface area contributed by atoms with E-state index < -0.39 is 11.2 Å². The lowest BCUT2D eigenvalue weighted by Gasteiger charge is -2.10. The zero-order valence-electron chi connectivity index (χ0n) is 11.2. The fourth-order valence-electron chi connectivity index (χ4n) is 1.69. The van der Waals surface area contributed by atoms with E-state index in [2.05, 4.69) is 20.5 Å². The molecule has 0 fully saturated rings. The number of halogens is 3. The molecule has 20 heavy (non-hydrogen) atoms. The lowest BCUT2D eigenvalue weighted by atomic mass is 10.1. The summed E-state index contributed by atoms with van der Waals surface area (Å²) in [4.78, 5) is 3.77. The van der Waals surface area contributed by atoms with Crippen LogP contribution in [0.15, 0.2) is 6.20 Å². The van der Waals surface area contributed by atoms with Crippen LogP contribution in [0.5, 0.6) is 0 Å². The molecule has 0 aromatic carbocycles. The number of thiazole rings is 1. The van der Waals surface area contributed by atoms with Crippen LogP contribution in [0.1, 0.15) is 23.1 Å². The number of nitrogens with one attached hydrogen (secondary N) is 1. The molecule has 0 saturated heterocycles. The van der Waals surface area contributed by atoms with Gasteiger partial charge in [0.05, 0.1) is 4.88 Å². The Morgan fingerprint density at radius 3 is 2.45 bits per heavy atom. The van der Waals surface area contributed by atoms with Crippen molar-refractivity contribution in [3.05, 3.63) is 22.3 Å². The molecule has 0 saturated carbocycles. The largest absolute Gasteiger partial charge is 0.443 e. The Hall–Kier alpha value is -1.70. The molecule has 0 aliphatic rings. The monoisotopic (exact) mass is 302 g/mol. The van der Waals surface area contributed by atoms with Crippen LogP contribution < -0.4 is 5.32 Å². The molecule has 2 rings (SSSR count). The predicted molar refractivity (Wildman–Crippen MR) is 71.8 cm³/mol. The van der Waals surface area contributed by atoms with Gasteiger partial charge in [-0.1, -0.05) is 0 Å². The second-order valence-corrected chi connectivity index (χ2v) is 5.24. The molecule has 0 spiro atoms. The Balaban J connectivity index is 2.43. The highest BCUT2D eigenvalue weighted by atomic mass is 32.1. The van der Waals surface area contributed by atoms with Gasteiger partial charge in [-0.3, -0.25) is 0 Å². The van der Waals surface area contributed by atoms with Crippen LogP contribution in [0.25, 0.3) is 10.6 Å². The quantitative estimate of drug-likeness (QED) is 0.940. The summed E-state index contributed by atoms with van der Waals surface area (Å²) in [7, 11) is 0. The summed E-state index contributed by atoms with van der Waals surface area (Å²) in [5.41, 5.74) is 2.12. The summed E-state index contributed by atoms with van der Waals surface area (Å²) in [5.74, 6) is 0.648. The SMILES string of the molecule is CCNc1nnc(-c2cnc(C(F)(F)F)s2)c(C)c1C. The number of nitrogens with zero attached hydrogens (tertiary/aromatic N) is 3. The smallest absolute Gasteiger partial charge is 0.369 e. The number of hydrogen-bond donors (Lipinski definition) is 1. The Bertz CT molecular complexity index is 622. The minimum Gasteiger partial charge on any atom is -0.369 e. The van der Waals surface area contributed by atoms with Crippen molar-refractivity contribution in [3.63, 3.8) is 0 Å². The van der Waals surface area contributed by atoms with E-state index in [-0.39, 0.29) is 0 Å². The van der Waals surface area contributed by atoms with Crippen molar-refractivity contribution >= 4 is 17.2 Å². The van der Waals surface area contributed by atoms with E-state index in [1.807, 2.05) is 20.8 Å². The number of anilines is 1. The summed E-state index contributed by atoms with van der Waals surface area (Å²) < 4.78 is 37.7. The van der Waals surface area contributed by atoms with Crippen LogP contribution in [0.4, 0.5) is 19.0 Å². The first-order chi connectivity index (χ1) is 9.34. The predicted octanol–water partition coefficient (Wildman–Crippen LogP) is 3.67. The van der Waals surface area contributed by atoms with Crippen LogP contribution in [0.3, 0.4) is 0 Å². The van der Waals surface area contributed by atoms with Gasteiger partial charge in [-0.2, -0.15) is 13.2 Å². The molecule has 0 aliphatic heterocycles. The zero-order chi connectivity index (χ0) is 14.9. The average molecular weight is 302 g/mol. The molecule has 4 nitrogen and oxygen atoms in total. The lowest BCUT2D eigenvalue weighted by molar-refractivity contribution is -0.137. The summed E-state index contributed by atoms with van der Waals surface area (Å²) in [6, 6.07) is 0. The number of aromatic nitrogens is 3. The molecule has 0 bridgehead atoms. The van der Waals surface area contributed by atoms with Crippen molar-refractivity contribution in [1.82, 2.24) is 15.2 Å². The standard InChI is InChI=1S/C12H13F3N4S/c1-4-16-10-7(3)6(2)9(18-19-10)8-5-17-11(20-8)12(13,14)15/h5H,4H2,1-3H3,(H,16,19). The molecular weight excluding hydrogens is 289 g/mol. The summed E-state index contributed by atoms with van der Waals surface area (Å²) >= 11 is 0.576. The van der Waals surface area contributed by atoms with Crippen LogP contribution in [-0.4, -0.2) is 21.7 Å². The van der Waals surface area contributed by atoms with E-state index in [9.17, 15) is 13.2 Å². The second kappa shape index (κ2) is 5.35. The number of alkyl halides is 3. The van der Waals surface area contributed by atoms with Crippen molar-refractivity contribution in [2.45, 2.75) is 26.9 Å². The maximum atomic E-state index is 12.6. The summed E-state index contributed by atoms with van der Waals surface area (Å²) in [6.07, 6.45) is -3.24. The van der Waals surface area contributed by atoms with Gasteiger partial charge in [-0.05, 0) is 31.9 Å². The minimum absolute atomic E-state index is 0.369. The third-order valence-electron chi connectivity index (χ3n) is 2.85. The van der Waals surface area contributed by atoms with Gasteiger partial charge in [-0.15, -0.1) is 21.5 Å². The highest BCUT2D eigenvalue weighted by Gasteiger charge is 2.35. The van der Waals surface area contributed by atoms with E-state index in [1.54, 1.807) is 0 Å². The highest BCUT2D eigenvalue weighted by Crippen LogP contribution is 2.37. The van der Waals surface area contributed by atoms with Gasteiger partial charge in [0.2, 0.25) is 0 Å². The molecule has 2 aromatic rings. The van der Waals surface area contributed by atoms with Crippen molar-refractivity contribution in [2.75, 3.05) is 11.9 Å². The zero-order valence-corrected chi connectivity index (χ0v) is 12.0.